The van der Waals surface area contributed by atoms with Gasteiger partial charge in [0.05, 0.1) is 26.6 Å². The predicted molar refractivity (Wildman–Crippen MR) is 116 cm³/mol. The monoisotopic (exact) mass is 422 g/mol. The van der Waals surface area contributed by atoms with Crippen molar-refractivity contribution in [3.63, 3.8) is 0 Å². The van der Waals surface area contributed by atoms with Gasteiger partial charge in [0.15, 0.2) is 0 Å². The second-order valence-corrected chi connectivity index (χ2v) is 7.76. The summed E-state index contributed by atoms with van der Waals surface area (Å²) < 4.78 is 1.47. The Hall–Kier alpha value is -2.89. The number of fused-ring (bicyclic) bond motifs is 2. The molecule has 2 aromatic heterocycles. The average molecular weight is 423 g/mol. The van der Waals surface area contributed by atoms with Crippen LogP contribution in [-0.2, 0) is 13.0 Å². The van der Waals surface area contributed by atoms with E-state index in [-0.39, 0.29) is 5.56 Å². The van der Waals surface area contributed by atoms with E-state index in [0.717, 1.165) is 19.5 Å². The summed E-state index contributed by atoms with van der Waals surface area (Å²) >= 11 is 12.4. The van der Waals surface area contributed by atoms with Crippen LogP contribution in [0.4, 0.5) is 5.95 Å². The zero-order chi connectivity index (χ0) is 20.0. The molecule has 0 atom stereocenters. The minimum absolute atomic E-state index is 0.234. The Bertz CT molecular complexity index is 1300. The van der Waals surface area contributed by atoms with Gasteiger partial charge in [-0.05, 0) is 35.7 Å². The maximum Gasteiger partial charge on any atom is 0.266 e. The summed E-state index contributed by atoms with van der Waals surface area (Å²) in [4.78, 5) is 24.3. The van der Waals surface area contributed by atoms with Crippen molar-refractivity contribution in [1.29, 1.82) is 0 Å². The van der Waals surface area contributed by atoms with Crippen LogP contribution >= 0.6 is 23.2 Å². The third-order valence-electron chi connectivity index (χ3n) is 5.24. The molecule has 0 bridgehead atoms. The molecule has 5 rings (SSSR count). The molecule has 1 aliphatic heterocycles. The van der Waals surface area contributed by atoms with Crippen molar-refractivity contribution < 1.29 is 0 Å². The highest BCUT2D eigenvalue weighted by molar-refractivity contribution is 6.43. The first-order valence-corrected chi connectivity index (χ1v) is 10.0. The number of halogens is 2. The van der Waals surface area contributed by atoms with Crippen LogP contribution in [0.2, 0.25) is 10.0 Å². The van der Waals surface area contributed by atoms with Crippen molar-refractivity contribution >= 4 is 40.1 Å². The number of rotatable bonds is 2. The predicted octanol–water partition coefficient (Wildman–Crippen LogP) is 4.65. The molecule has 7 heteroatoms. The van der Waals surface area contributed by atoms with Crippen LogP contribution in [0.5, 0.6) is 0 Å². The summed E-state index contributed by atoms with van der Waals surface area (Å²) in [7, 11) is 0. The summed E-state index contributed by atoms with van der Waals surface area (Å²) in [5.41, 5.74) is 3.55. The first-order valence-electron chi connectivity index (χ1n) is 9.26. The largest absolute Gasteiger partial charge is 0.336 e. The van der Waals surface area contributed by atoms with Gasteiger partial charge in [-0.1, -0.05) is 53.5 Å². The van der Waals surface area contributed by atoms with Gasteiger partial charge in [0.1, 0.15) is 0 Å². The summed E-state index contributed by atoms with van der Waals surface area (Å²) in [5.74, 6) is 0.630. The fraction of sp³-hybridized carbons (Fsp3) is 0.136. The van der Waals surface area contributed by atoms with Crippen molar-refractivity contribution in [2.45, 2.75) is 13.0 Å². The minimum Gasteiger partial charge on any atom is -0.336 e. The van der Waals surface area contributed by atoms with E-state index in [0.29, 0.717) is 32.6 Å². The molecule has 4 aromatic rings. The zero-order valence-corrected chi connectivity index (χ0v) is 16.9. The van der Waals surface area contributed by atoms with Crippen LogP contribution in [0.25, 0.3) is 16.6 Å². The van der Waals surface area contributed by atoms with Crippen LogP contribution in [0, 0.1) is 0 Å². The van der Waals surface area contributed by atoms with Gasteiger partial charge in [0.25, 0.3) is 5.56 Å². The van der Waals surface area contributed by atoms with E-state index in [2.05, 4.69) is 33.1 Å². The maximum absolute atomic E-state index is 13.0. The van der Waals surface area contributed by atoms with E-state index in [1.807, 2.05) is 6.07 Å². The quantitative estimate of drug-likeness (QED) is 0.471. The average Bonchev–Trinajstić information content (AvgIpc) is 2.76. The minimum atomic E-state index is -0.234. The lowest BCUT2D eigenvalue weighted by Crippen LogP contribution is -2.31. The molecule has 0 saturated carbocycles. The van der Waals surface area contributed by atoms with Gasteiger partial charge in [-0.3, -0.25) is 9.36 Å². The Kier molecular flexibility index (Phi) is 4.49. The summed E-state index contributed by atoms with van der Waals surface area (Å²) in [5, 5.41) is 1.16. The Morgan fingerprint density at radius 2 is 1.79 bits per heavy atom. The highest BCUT2D eigenvalue weighted by Gasteiger charge is 2.19. The van der Waals surface area contributed by atoms with Crippen LogP contribution in [0.1, 0.15) is 11.1 Å². The lowest BCUT2D eigenvalue weighted by molar-refractivity contribution is 0.710. The summed E-state index contributed by atoms with van der Waals surface area (Å²) in [6.07, 6.45) is 4.21. The highest BCUT2D eigenvalue weighted by Crippen LogP contribution is 2.28. The van der Waals surface area contributed by atoms with E-state index in [1.165, 1.54) is 15.7 Å². The number of anilines is 1. The van der Waals surface area contributed by atoms with Crippen molar-refractivity contribution in [3.8, 4) is 5.69 Å². The summed E-state index contributed by atoms with van der Waals surface area (Å²) in [6, 6.07) is 15.4. The molecule has 0 amide bonds. The van der Waals surface area contributed by atoms with E-state index in [9.17, 15) is 4.79 Å². The van der Waals surface area contributed by atoms with E-state index in [1.54, 1.807) is 36.7 Å². The molecule has 144 valence electrons. The Morgan fingerprint density at radius 1 is 0.966 bits per heavy atom. The van der Waals surface area contributed by atoms with Gasteiger partial charge < -0.3 is 4.90 Å². The molecule has 0 spiro atoms. The van der Waals surface area contributed by atoms with Gasteiger partial charge in [0, 0.05) is 25.5 Å². The molecule has 0 saturated heterocycles. The molecule has 0 aliphatic carbocycles. The molecule has 0 fully saturated rings. The number of aromatic nitrogens is 3. The van der Waals surface area contributed by atoms with Crippen molar-refractivity contribution in [1.82, 2.24) is 14.5 Å². The van der Waals surface area contributed by atoms with Crippen molar-refractivity contribution in [2.24, 2.45) is 0 Å². The number of benzene rings is 2. The molecule has 1 aliphatic rings. The van der Waals surface area contributed by atoms with Crippen LogP contribution in [0.15, 0.2) is 65.7 Å². The first kappa shape index (κ1) is 18.2. The third-order valence-corrected chi connectivity index (χ3v) is 6.05. The normalized spacial score (nSPS) is 13.5. The molecule has 0 radical (unpaired) electrons. The fourth-order valence-corrected chi connectivity index (χ4v) is 4.09. The van der Waals surface area contributed by atoms with Gasteiger partial charge in [0.2, 0.25) is 5.95 Å². The fourth-order valence-electron chi connectivity index (χ4n) is 3.71. The second kappa shape index (κ2) is 7.17. The van der Waals surface area contributed by atoms with Crippen LogP contribution in [-0.4, -0.2) is 21.1 Å². The molecule has 5 nitrogen and oxygen atoms in total. The molecule has 29 heavy (non-hydrogen) atoms. The highest BCUT2D eigenvalue weighted by atomic mass is 35.5. The van der Waals surface area contributed by atoms with Gasteiger partial charge in [-0.25, -0.2) is 9.97 Å². The summed E-state index contributed by atoms with van der Waals surface area (Å²) in [6.45, 7) is 1.61. The third kappa shape index (κ3) is 3.16. The smallest absolute Gasteiger partial charge is 0.266 e. The Balaban J connectivity index is 1.54. The number of hydrogen-bond acceptors (Lipinski definition) is 4. The van der Waals surface area contributed by atoms with Crippen molar-refractivity contribution in [3.05, 3.63) is 92.5 Å². The number of nitrogens with zero attached hydrogens (tertiary/aromatic N) is 4. The number of hydrogen-bond donors (Lipinski definition) is 0. The number of pyridine rings is 1. The van der Waals surface area contributed by atoms with E-state index in [4.69, 9.17) is 23.2 Å². The topological polar surface area (TPSA) is 51.0 Å². The van der Waals surface area contributed by atoms with Crippen molar-refractivity contribution in [2.75, 3.05) is 11.4 Å². The van der Waals surface area contributed by atoms with Gasteiger partial charge in [-0.15, -0.1) is 0 Å². The SMILES string of the molecule is O=c1c2cnc(N3CCc4ccccc4C3)nc2ccn1-c1cccc(Cl)c1Cl. The van der Waals surface area contributed by atoms with Crippen LogP contribution < -0.4 is 10.5 Å². The molecule has 2 aromatic carbocycles. The van der Waals surface area contributed by atoms with E-state index >= 15 is 0 Å². The molecule has 3 heterocycles. The maximum atomic E-state index is 13.0. The first-order chi connectivity index (χ1) is 14.1. The Labute approximate surface area is 177 Å². The van der Waals surface area contributed by atoms with Gasteiger partial charge in [-0.2, -0.15) is 0 Å². The lowest BCUT2D eigenvalue weighted by atomic mass is 10.0. The van der Waals surface area contributed by atoms with Gasteiger partial charge >= 0.3 is 0 Å². The lowest BCUT2D eigenvalue weighted by Gasteiger charge is -2.28. The molecule has 0 N–H and O–H groups in total. The van der Waals surface area contributed by atoms with E-state index < -0.39 is 0 Å². The molecular weight excluding hydrogens is 407 g/mol. The standard InChI is InChI=1S/C22H16Cl2N4O/c23-17-6-3-7-19(20(17)24)28-11-9-18-16(21(28)29)12-25-22(26-18)27-10-8-14-4-1-2-5-15(14)13-27/h1-7,9,11-12H,8,10,13H2. The van der Waals surface area contributed by atoms with Crippen LogP contribution in [0.3, 0.4) is 0 Å². The molecular formula is C22H16Cl2N4O. The zero-order valence-electron chi connectivity index (χ0n) is 15.3. The molecule has 0 unspecified atom stereocenters. The second-order valence-electron chi connectivity index (χ2n) is 6.97. The Morgan fingerprint density at radius 3 is 2.66 bits per heavy atom.